The Morgan fingerprint density at radius 2 is 1.79 bits per heavy atom. The molecule has 132 valence electrons. The smallest absolute Gasteiger partial charge is 0.225 e. The maximum atomic E-state index is 12.7. The van der Waals surface area contributed by atoms with Crippen molar-refractivity contribution in [2.75, 3.05) is 26.2 Å². The Bertz CT molecular complexity index is 578. The van der Waals surface area contributed by atoms with Gasteiger partial charge in [-0.3, -0.25) is 9.59 Å². The van der Waals surface area contributed by atoms with Gasteiger partial charge < -0.3 is 15.5 Å². The van der Waals surface area contributed by atoms with E-state index in [4.69, 9.17) is 0 Å². The SMILES string of the molecule is CC(=O)NC(CC(=O)N1C[C@H]2CNC[C@H]2C1)c1ccc(C)cc1.Cl. The van der Waals surface area contributed by atoms with Crippen molar-refractivity contribution in [2.24, 2.45) is 11.8 Å². The molecule has 0 saturated carbocycles. The highest BCUT2D eigenvalue weighted by atomic mass is 35.5. The third-order valence-electron chi connectivity index (χ3n) is 4.98. The monoisotopic (exact) mass is 351 g/mol. The topological polar surface area (TPSA) is 61.4 Å². The Balaban J connectivity index is 0.00000208. The molecule has 0 radical (unpaired) electrons. The number of hydrogen-bond donors (Lipinski definition) is 2. The highest BCUT2D eigenvalue weighted by molar-refractivity contribution is 5.85. The van der Waals surface area contributed by atoms with Gasteiger partial charge in [0.25, 0.3) is 0 Å². The Hall–Kier alpha value is -1.59. The number of likely N-dealkylation sites (tertiary alicyclic amines) is 1. The second-order valence-corrected chi connectivity index (χ2v) is 6.85. The number of hydrogen-bond acceptors (Lipinski definition) is 3. The quantitative estimate of drug-likeness (QED) is 0.867. The van der Waals surface area contributed by atoms with E-state index in [0.717, 1.165) is 31.7 Å². The van der Waals surface area contributed by atoms with Crippen LogP contribution in [0, 0.1) is 18.8 Å². The molecule has 2 N–H and O–H groups in total. The maximum absolute atomic E-state index is 12.7. The van der Waals surface area contributed by atoms with Gasteiger partial charge in [0.05, 0.1) is 12.5 Å². The molecule has 2 heterocycles. The van der Waals surface area contributed by atoms with E-state index >= 15 is 0 Å². The lowest BCUT2D eigenvalue weighted by atomic mass is 10.0. The van der Waals surface area contributed by atoms with E-state index < -0.39 is 0 Å². The van der Waals surface area contributed by atoms with E-state index in [2.05, 4.69) is 10.6 Å². The number of fused-ring (bicyclic) bond motifs is 1. The van der Waals surface area contributed by atoms with Crippen molar-refractivity contribution in [3.8, 4) is 0 Å². The first kappa shape index (κ1) is 18.7. The van der Waals surface area contributed by atoms with Crippen molar-refractivity contribution in [3.63, 3.8) is 0 Å². The van der Waals surface area contributed by atoms with E-state index in [-0.39, 0.29) is 30.3 Å². The predicted molar refractivity (Wildman–Crippen MR) is 96.0 cm³/mol. The molecule has 2 fully saturated rings. The van der Waals surface area contributed by atoms with Gasteiger partial charge in [0, 0.05) is 33.1 Å². The summed E-state index contributed by atoms with van der Waals surface area (Å²) >= 11 is 0. The summed E-state index contributed by atoms with van der Waals surface area (Å²) in [7, 11) is 0. The molecule has 24 heavy (non-hydrogen) atoms. The molecule has 1 unspecified atom stereocenters. The molecule has 2 saturated heterocycles. The van der Waals surface area contributed by atoms with Crippen LogP contribution in [0.4, 0.5) is 0 Å². The summed E-state index contributed by atoms with van der Waals surface area (Å²) in [6.45, 7) is 7.24. The van der Waals surface area contributed by atoms with Crippen molar-refractivity contribution in [1.82, 2.24) is 15.5 Å². The van der Waals surface area contributed by atoms with Gasteiger partial charge in [0.15, 0.2) is 0 Å². The average molecular weight is 352 g/mol. The van der Waals surface area contributed by atoms with Gasteiger partial charge in [-0.2, -0.15) is 0 Å². The summed E-state index contributed by atoms with van der Waals surface area (Å²) in [4.78, 5) is 26.1. The number of carbonyl (C=O) groups is 2. The third-order valence-corrected chi connectivity index (χ3v) is 4.98. The minimum absolute atomic E-state index is 0. The first-order valence-electron chi connectivity index (χ1n) is 8.35. The van der Waals surface area contributed by atoms with Crippen LogP contribution >= 0.6 is 12.4 Å². The minimum Gasteiger partial charge on any atom is -0.349 e. The average Bonchev–Trinajstić information content (AvgIpc) is 3.08. The number of amides is 2. The Labute approximate surface area is 149 Å². The molecule has 0 aromatic heterocycles. The number of nitrogens with zero attached hydrogens (tertiary/aromatic N) is 1. The summed E-state index contributed by atoms with van der Waals surface area (Å²) in [5, 5.41) is 6.31. The molecule has 5 nitrogen and oxygen atoms in total. The van der Waals surface area contributed by atoms with E-state index in [0.29, 0.717) is 18.3 Å². The summed E-state index contributed by atoms with van der Waals surface area (Å²) in [5.74, 6) is 1.22. The van der Waals surface area contributed by atoms with Crippen molar-refractivity contribution >= 4 is 24.2 Å². The summed E-state index contributed by atoms with van der Waals surface area (Å²) < 4.78 is 0. The molecular formula is C18H26ClN3O2. The van der Waals surface area contributed by atoms with Crippen molar-refractivity contribution < 1.29 is 9.59 Å². The van der Waals surface area contributed by atoms with Gasteiger partial charge >= 0.3 is 0 Å². The Kier molecular flexibility index (Phi) is 6.24. The zero-order valence-electron chi connectivity index (χ0n) is 14.2. The fraction of sp³-hybridized carbons (Fsp3) is 0.556. The first-order valence-corrected chi connectivity index (χ1v) is 8.35. The molecule has 1 aromatic rings. The van der Waals surface area contributed by atoms with E-state index in [1.807, 2.05) is 36.1 Å². The predicted octanol–water partition coefficient (Wildman–Crippen LogP) is 1.66. The van der Waals surface area contributed by atoms with Gasteiger partial charge in [0.2, 0.25) is 11.8 Å². The normalized spacial score (nSPS) is 23.3. The minimum atomic E-state index is -0.251. The standard InChI is InChI=1S/C18H25N3O2.ClH/c1-12-3-5-14(6-4-12)17(20-13(2)22)7-18(23)21-10-15-8-19-9-16(15)11-21;/h3-6,15-17,19H,7-11H2,1-2H3,(H,20,22);1H/t15-,16+,17?;. The van der Waals surface area contributed by atoms with Crippen LogP contribution in [-0.4, -0.2) is 42.9 Å². The highest BCUT2D eigenvalue weighted by Crippen LogP contribution is 2.28. The Morgan fingerprint density at radius 1 is 1.21 bits per heavy atom. The van der Waals surface area contributed by atoms with Crippen LogP contribution in [0.2, 0.25) is 0 Å². The zero-order valence-corrected chi connectivity index (χ0v) is 15.1. The largest absolute Gasteiger partial charge is 0.349 e. The summed E-state index contributed by atoms with van der Waals surface area (Å²) in [5.41, 5.74) is 2.15. The summed E-state index contributed by atoms with van der Waals surface area (Å²) in [6, 6.07) is 7.76. The van der Waals surface area contributed by atoms with Crippen LogP contribution in [-0.2, 0) is 9.59 Å². The van der Waals surface area contributed by atoms with Crippen LogP contribution in [0.3, 0.4) is 0 Å². The van der Waals surface area contributed by atoms with Crippen LogP contribution in [0.1, 0.15) is 30.5 Å². The Morgan fingerprint density at radius 3 is 2.33 bits per heavy atom. The molecule has 0 aliphatic carbocycles. The molecule has 1 aromatic carbocycles. The fourth-order valence-corrected chi connectivity index (χ4v) is 3.66. The molecule has 2 amide bonds. The molecule has 3 atom stereocenters. The number of benzene rings is 1. The van der Waals surface area contributed by atoms with Crippen molar-refractivity contribution in [3.05, 3.63) is 35.4 Å². The van der Waals surface area contributed by atoms with Crippen LogP contribution in [0.15, 0.2) is 24.3 Å². The van der Waals surface area contributed by atoms with Gasteiger partial charge in [0.1, 0.15) is 0 Å². The lowest BCUT2D eigenvalue weighted by Crippen LogP contribution is -2.36. The first-order chi connectivity index (χ1) is 11.0. The van der Waals surface area contributed by atoms with E-state index in [9.17, 15) is 9.59 Å². The van der Waals surface area contributed by atoms with Crippen molar-refractivity contribution in [2.45, 2.75) is 26.3 Å². The number of nitrogens with one attached hydrogen (secondary N) is 2. The number of rotatable bonds is 4. The molecule has 0 bridgehead atoms. The molecule has 2 aliphatic heterocycles. The second kappa shape index (κ2) is 7.99. The third kappa shape index (κ3) is 4.28. The molecule has 3 rings (SSSR count). The highest BCUT2D eigenvalue weighted by Gasteiger charge is 2.38. The van der Waals surface area contributed by atoms with Gasteiger partial charge in [-0.1, -0.05) is 29.8 Å². The van der Waals surface area contributed by atoms with Crippen LogP contribution < -0.4 is 10.6 Å². The van der Waals surface area contributed by atoms with Crippen LogP contribution in [0.5, 0.6) is 0 Å². The molecule has 0 spiro atoms. The number of halogens is 1. The zero-order chi connectivity index (χ0) is 16.4. The lowest BCUT2D eigenvalue weighted by molar-refractivity contribution is -0.131. The van der Waals surface area contributed by atoms with Crippen LogP contribution in [0.25, 0.3) is 0 Å². The summed E-state index contributed by atoms with van der Waals surface area (Å²) in [6.07, 6.45) is 0.329. The molecule has 2 aliphatic rings. The van der Waals surface area contributed by atoms with Crippen molar-refractivity contribution in [1.29, 1.82) is 0 Å². The van der Waals surface area contributed by atoms with Gasteiger partial charge in [-0.15, -0.1) is 12.4 Å². The number of aryl methyl sites for hydroxylation is 1. The second-order valence-electron chi connectivity index (χ2n) is 6.85. The lowest BCUT2D eigenvalue weighted by Gasteiger charge is -2.23. The van der Waals surface area contributed by atoms with Gasteiger partial charge in [-0.25, -0.2) is 0 Å². The molecular weight excluding hydrogens is 326 g/mol. The molecule has 6 heteroatoms. The van der Waals surface area contributed by atoms with Gasteiger partial charge in [-0.05, 0) is 24.3 Å². The fourth-order valence-electron chi connectivity index (χ4n) is 3.66. The number of carbonyl (C=O) groups excluding carboxylic acids is 2. The van der Waals surface area contributed by atoms with E-state index in [1.54, 1.807) is 0 Å². The maximum Gasteiger partial charge on any atom is 0.225 e. The van der Waals surface area contributed by atoms with E-state index in [1.165, 1.54) is 12.5 Å².